The lowest BCUT2D eigenvalue weighted by Gasteiger charge is -2.37. The normalized spacial score (nSPS) is 20.0. The van der Waals surface area contributed by atoms with Crippen molar-refractivity contribution in [2.45, 2.75) is 42.4 Å². The lowest BCUT2D eigenvalue weighted by atomic mass is 10.0. The van der Waals surface area contributed by atoms with Gasteiger partial charge in [0.05, 0.1) is 9.82 Å². The van der Waals surface area contributed by atoms with Crippen LogP contribution in [0.15, 0.2) is 23.1 Å². The van der Waals surface area contributed by atoms with Gasteiger partial charge in [-0.3, -0.25) is 10.1 Å². The molecule has 7 nitrogen and oxygen atoms in total. The van der Waals surface area contributed by atoms with Crippen LogP contribution in [0, 0.1) is 10.1 Å². The quantitative estimate of drug-likeness (QED) is 0.569. The van der Waals surface area contributed by atoms with Gasteiger partial charge in [0.1, 0.15) is 5.69 Å². The zero-order chi connectivity index (χ0) is 18.9. The van der Waals surface area contributed by atoms with E-state index in [0.717, 1.165) is 38.1 Å². The molecule has 144 valence electrons. The highest BCUT2D eigenvalue weighted by molar-refractivity contribution is 7.91. The minimum atomic E-state index is -4.86. The van der Waals surface area contributed by atoms with Gasteiger partial charge >= 0.3 is 5.76 Å². The second-order valence-corrected chi connectivity index (χ2v) is 8.59. The number of benzene rings is 1. The maximum absolute atomic E-state index is 12.7. The Morgan fingerprint density at radius 2 is 1.73 bits per heavy atom. The molecule has 0 unspecified atom stereocenters. The van der Waals surface area contributed by atoms with Crippen LogP contribution in [-0.2, 0) is 9.84 Å². The van der Waals surface area contributed by atoms with Gasteiger partial charge in [-0.2, -0.15) is 8.78 Å². The lowest BCUT2D eigenvalue weighted by molar-refractivity contribution is -0.384. The first-order valence-corrected chi connectivity index (χ1v) is 10.1. The smallest absolute Gasteiger partial charge is 0.341 e. The summed E-state index contributed by atoms with van der Waals surface area (Å²) in [6.07, 6.45) is 4.14. The van der Waals surface area contributed by atoms with Crippen LogP contribution in [0.1, 0.15) is 25.7 Å². The minimum absolute atomic E-state index is 0.281. The molecule has 2 saturated heterocycles. The molecule has 0 aliphatic carbocycles. The fraction of sp³-hybridized carbons (Fsp3) is 0.625. The number of rotatable bonds is 5. The first-order chi connectivity index (χ1) is 12.3. The lowest BCUT2D eigenvalue weighted by Crippen LogP contribution is -2.44. The first-order valence-electron chi connectivity index (χ1n) is 8.60. The maximum atomic E-state index is 12.7. The Labute approximate surface area is 150 Å². The molecule has 2 aliphatic heterocycles. The fourth-order valence-corrected chi connectivity index (χ4v) is 4.51. The molecule has 1 aromatic carbocycles. The van der Waals surface area contributed by atoms with Gasteiger partial charge in [0.2, 0.25) is 9.84 Å². The average molecular weight is 389 g/mol. The van der Waals surface area contributed by atoms with Crippen molar-refractivity contribution in [2.24, 2.45) is 0 Å². The van der Waals surface area contributed by atoms with Gasteiger partial charge < -0.3 is 9.80 Å². The molecule has 2 aliphatic rings. The van der Waals surface area contributed by atoms with E-state index in [1.54, 1.807) is 0 Å². The van der Waals surface area contributed by atoms with Crippen molar-refractivity contribution in [3.63, 3.8) is 0 Å². The fourth-order valence-electron chi connectivity index (χ4n) is 3.78. The van der Waals surface area contributed by atoms with Crippen LogP contribution in [0.3, 0.4) is 0 Å². The summed E-state index contributed by atoms with van der Waals surface area (Å²) in [5, 5.41) is 11.4. The summed E-state index contributed by atoms with van der Waals surface area (Å²) >= 11 is 0. The van der Waals surface area contributed by atoms with Crippen molar-refractivity contribution in [1.82, 2.24) is 4.90 Å². The molecule has 0 spiro atoms. The van der Waals surface area contributed by atoms with E-state index in [4.69, 9.17) is 0 Å². The first kappa shape index (κ1) is 19.0. The van der Waals surface area contributed by atoms with Gasteiger partial charge in [0.15, 0.2) is 0 Å². The van der Waals surface area contributed by atoms with Crippen LogP contribution in [0.2, 0.25) is 0 Å². The Balaban J connectivity index is 1.81. The summed E-state index contributed by atoms with van der Waals surface area (Å²) in [6, 6.07) is 3.50. The number of piperidine rings is 1. The second-order valence-electron chi connectivity index (χ2n) is 6.67. The molecule has 0 atom stereocenters. The number of alkyl halides is 2. The monoisotopic (exact) mass is 389 g/mol. The molecule has 26 heavy (non-hydrogen) atoms. The SMILES string of the molecule is O=[N+]([O-])c1cc(S(=O)(=O)C(F)F)ccc1N1CCC(N2CCCC2)CC1. The highest BCUT2D eigenvalue weighted by Crippen LogP contribution is 2.34. The Bertz CT molecular complexity index is 774. The Hall–Kier alpha value is -1.81. The van der Waals surface area contributed by atoms with Gasteiger partial charge in [0.25, 0.3) is 5.69 Å². The summed E-state index contributed by atoms with van der Waals surface area (Å²) in [5.74, 6) is -3.61. The molecular weight excluding hydrogens is 368 g/mol. The number of sulfone groups is 1. The summed E-state index contributed by atoms with van der Waals surface area (Å²) in [7, 11) is -4.86. The van der Waals surface area contributed by atoms with Crippen molar-refractivity contribution >= 4 is 21.2 Å². The predicted octanol–water partition coefficient (Wildman–Crippen LogP) is 2.66. The molecule has 0 saturated carbocycles. The van der Waals surface area contributed by atoms with Crippen LogP contribution >= 0.6 is 0 Å². The Morgan fingerprint density at radius 3 is 2.27 bits per heavy atom. The molecule has 10 heteroatoms. The van der Waals surface area contributed by atoms with E-state index in [0.29, 0.717) is 19.1 Å². The predicted molar refractivity (Wildman–Crippen MR) is 92.3 cm³/mol. The summed E-state index contributed by atoms with van der Waals surface area (Å²) in [6.45, 7) is 3.40. The van der Waals surface area contributed by atoms with Gasteiger partial charge in [-0.05, 0) is 50.9 Å². The van der Waals surface area contributed by atoms with Gasteiger partial charge in [0, 0.05) is 25.2 Å². The Morgan fingerprint density at radius 1 is 1.12 bits per heavy atom. The summed E-state index contributed by atoms with van der Waals surface area (Å²) < 4.78 is 48.6. The molecule has 1 aromatic rings. The third-order valence-electron chi connectivity index (χ3n) is 5.17. The summed E-state index contributed by atoms with van der Waals surface area (Å²) in [4.78, 5) is 14.2. The van der Waals surface area contributed by atoms with Gasteiger partial charge in [-0.15, -0.1) is 0 Å². The van der Waals surface area contributed by atoms with Gasteiger partial charge in [-0.25, -0.2) is 8.42 Å². The van der Waals surface area contributed by atoms with Crippen molar-refractivity contribution in [3.8, 4) is 0 Å². The van der Waals surface area contributed by atoms with E-state index in [9.17, 15) is 27.3 Å². The third-order valence-corrected chi connectivity index (χ3v) is 6.55. The molecule has 0 radical (unpaired) electrons. The van der Waals surface area contributed by atoms with Crippen LogP contribution in [-0.4, -0.2) is 56.2 Å². The maximum Gasteiger partial charge on any atom is 0.341 e. The third kappa shape index (κ3) is 3.66. The average Bonchev–Trinajstić information content (AvgIpc) is 3.16. The zero-order valence-electron chi connectivity index (χ0n) is 14.2. The van der Waals surface area contributed by atoms with Gasteiger partial charge in [-0.1, -0.05) is 0 Å². The topological polar surface area (TPSA) is 83.8 Å². The van der Waals surface area contributed by atoms with Crippen LogP contribution < -0.4 is 4.90 Å². The molecule has 2 fully saturated rings. The van der Waals surface area contributed by atoms with E-state index >= 15 is 0 Å². The van der Waals surface area contributed by atoms with Crippen molar-refractivity contribution in [3.05, 3.63) is 28.3 Å². The highest BCUT2D eigenvalue weighted by Gasteiger charge is 2.32. The Kier molecular flexibility index (Phi) is 5.42. The molecule has 0 aromatic heterocycles. The number of nitro groups is 1. The highest BCUT2D eigenvalue weighted by atomic mass is 32.2. The number of hydrogen-bond donors (Lipinski definition) is 0. The van der Waals surface area contributed by atoms with E-state index in [-0.39, 0.29) is 5.69 Å². The minimum Gasteiger partial charge on any atom is -0.366 e. The number of nitro benzene ring substituents is 1. The molecule has 3 rings (SSSR count). The van der Waals surface area contributed by atoms with Crippen molar-refractivity contribution < 1.29 is 22.1 Å². The molecule has 0 N–H and O–H groups in total. The largest absolute Gasteiger partial charge is 0.366 e. The molecular formula is C16H21F2N3O4S. The second kappa shape index (κ2) is 7.43. The zero-order valence-corrected chi connectivity index (χ0v) is 15.0. The summed E-state index contributed by atoms with van der Waals surface area (Å²) in [5.41, 5.74) is -0.172. The number of hydrogen-bond acceptors (Lipinski definition) is 6. The number of anilines is 1. The molecule has 0 amide bonds. The molecule has 2 heterocycles. The van der Waals surface area contributed by atoms with Crippen LogP contribution in [0.25, 0.3) is 0 Å². The van der Waals surface area contributed by atoms with Crippen molar-refractivity contribution in [1.29, 1.82) is 0 Å². The van der Waals surface area contributed by atoms with E-state index in [1.807, 2.05) is 4.90 Å². The van der Waals surface area contributed by atoms with Crippen molar-refractivity contribution in [2.75, 3.05) is 31.1 Å². The number of halogens is 2. The number of nitrogens with zero attached hydrogens (tertiary/aromatic N) is 3. The van der Waals surface area contributed by atoms with E-state index in [2.05, 4.69) is 4.90 Å². The standard InChI is InChI=1S/C16H21F2N3O4S/c17-16(18)26(24,25)13-3-4-14(15(11-13)21(22)23)20-9-5-12(6-10-20)19-7-1-2-8-19/h3-4,11-12,16H,1-2,5-10H2. The number of likely N-dealkylation sites (tertiary alicyclic amines) is 1. The van der Waals surface area contributed by atoms with Crippen LogP contribution in [0.4, 0.5) is 20.2 Å². The van der Waals surface area contributed by atoms with Crippen LogP contribution in [0.5, 0.6) is 0 Å². The van der Waals surface area contributed by atoms with E-state index in [1.165, 1.54) is 18.9 Å². The van der Waals surface area contributed by atoms with E-state index < -0.39 is 31.1 Å². The molecule has 0 bridgehead atoms.